The molecule has 0 radical (unpaired) electrons. The van der Waals surface area contributed by atoms with E-state index >= 15 is 0 Å². The van der Waals surface area contributed by atoms with Crippen LogP contribution < -0.4 is 11.3 Å². The average Bonchev–Trinajstić information content (AvgIpc) is 2.41. The van der Waals surface area contributed by atoms with Crippen molar-refractivity contribution in [3.63, 3.8) is 0 Å². The summed E-state index contributed by atoms with van der Waals surface area (Å²) in [6.07, 6.45) is 5.94. The second-order valence-corrected chi connectivity index (χ2v) is 4.53. The number of hydrogen-bond donors (Lipinski definition) is 2. The van der Waals surface area contributed by atoms with Crippen molar-refractivity contribution in [3.8, 4) is 0 Å². The van der Waals surface area contributed by atoms with E-state index < -0.39 is 0 Å². The smallest absolute Gasteiger partial charge is 0.115 e. The number of rotatable bonds is 4. The van der Waals surface area contributed by atoms with Crippen molar-refractivity contribution < 1.29 is 0 Å². The fourth-order valence-corrected chi connectivity index (χ4v) is 2.00. The Morgan fingerprint density at radius 3 is 2.61 bits per heavy atom. The molecule has 18 heavy (non-hydrogen) atoms. The molecule has 0 aliphatic rings. The predicted octanol–water partition coefficient (Wildman–Crippen LogP) is 1.84. The second kappa shape index (κ2) is 5.71. The minimum Gasteiger partial charge on any atom is -0.271 e. The summed E-state index contributed by atoms with van der Waals surface area (Å²) in [5.74, 6) is 5.64. The number of hydrazine groups is 1. The Kier molecular flexibility index (Phi) is 4.02. The van der Waals surface area contributed by atoms with Crippen molar-refractivity contribution in [1.29, 1.82) is 0 Å². The van der Waals surface area contributed by atoms with Gasteiger partial charge in [0.2, 0.25) is 0 Å². The van der Waals surface area contributed by atoms with E-state index in [9.17, 15) is 0 Å². The first-order chi connectivity index (χ1) is 8.70. The van der Waals surface area contributed by atoms with Gasteiger partial charge < -0.3 is 0 Å². The largest absolute Gasteiger partial charge is 0.271 e. The van der Waals surface area contributed by atoms with Crippen molar-refractivity contribution in [2.24, 2.45) is 5.84 Å². The maximum absolute atomic E-state index is 5.64. The number of aryl methyl sites for hydroxylation is 2. The Bertz CT molecular complexity index is 510. The monoisotopic (exact) mass is 242 g/mol. The molecule has 4 nitrogen and oxygen atoms in total. The third kappa shape index (κ3) is 2.91. The molecule has 2 rings (SSSR count). The van der Waals surface area contributed by atoms with Gasteiger partial charge in [0.25, 0.3) is 0 Å². The zero-order valence-corrected chi connectivity index (χ0v) is 10.7. The van der Waals surface area contributed by atoms with E-state index in [1.807, 2.05) is 0 Å². The lowest BCUT2D eigenvalue weighted by molar-refractivity contribution is 0.547. The van der Waals surface area contributed by atoms with E-state index in [1.165, 1.54) is 23.0 Å². The van der Waals surface area contributed by atoms with Crippen molar-refractivity contribution >= 4 is 0 Å². The first kappa shape index (κ1) is 12.7. The Hall–Kier alpha value is -1.78. The molecule has 4 heteroatoms. The first-order valence-corrected chi connectivity index (χ1v) is 5.98. The summed E-state index contributed by atoms with van der Waals surface area (Å²) >= 11 is 0. The normalized spacial score (nSPS) is 12.4. The van der Waals surface area contributed by atoms with Crippen LogP contribution in [0.1, 0.15) is 28.3 Å². The van der Waals surface area contributed by atoms with Crippen LogP contribution in [-0.4, -0.2) is 9.97 Å². The molecule has 3 N–H and O–H groups in total. The Balaban J connectivity index is 2.23. The van der Waals surface area contributed by atoms with Gasteiger partial charge in [-0.2, -0.15) is 0 Å². The Morgan fingerprint density at radius 2 is 1.94 bits per heavy atom. The van der Waals surface area contributed by atoms with Gasteiger partial charge in [-0.25, -0.2) is 9.97 Å². The molecule has 0 aliphatic carbocycles. The maximum atomic E-state index is 5.64. The Labute approximate surface area is 107 Å². The number of benzene rings is 1. The quantitative estimate of drug-likeness (QED) is 0.634. The fourth-order valence-electron chi connectivity index (χ4n) is 2.00. The van der Waals surface area contributed by atoms with Crippen molar-refractivity contribution in [1.82, 2.24) is 15.4 Å². The van der Waals surface area contributed by atoms with Crippen molar-refractivity contribution in [3.05, 3.63) is 59.2 Å². The van der Waals surface area contributed by atoms with E-state index in [0.29, 0.717) is 0 Å². The molecule has 0 spiro atoms. The topological polar surface area (TPSA) is 63.8 Å². The summed E-state index contributed by atoms with van der Waals surface area (Å²) in [4.78, 5) is 8.06. The lowest BCUT2D eigenvalue weighted by Gasteiger charge is -2.17. The molecule has 1 unspecified atom stereocenters. The maximum Gasteiger partial charge on any atom is 0.115 e. The lowest BCUT2D eigenvalue weighted by atomic mass is 9.96. The van der Waals surface area contributed by atoms with Gasteiger partial charge >= 0.3 is 0 Å². The SMILES string of the molecule is Cc1ccc(C)c(CC(NN)c2cncnc2)c1. The third-order valence-electron chi connectivity index (χ3n) is 3.11. The summed E-state index contributed by atoms with van der Waals surface area (Å²) in [5.41, 5.74) is 7.66. The van der Waals surface area contributed by atoms with Gasteiger partial charge in [-0.15, -0.1) is 0 Å². The number of hydrogen-bond acceptors (Lipinski definition) is 4. The molecule has 0 fully saturated rings. The minimum absolute atomic E-state index is 0.0340. The van der Waals surface area contributed by atoms with Gasteiger partial charge in [-0.3, -0.25) is 11.3 Å². The molecule has 1 heterocycles. The highest BCUT2D eigenvalue weighted by atomic mass is 15.2. The molecule has 94 valence electrons. The van der Waals surface area contributed by atoms with Crippen LogP contribution in [0.3, 0.4) is 0 Å². The van der Waals surface area contributed by atoms with Gasteiger partial charge in [0, 0.05) is 18.0 Å². The van der Waals surface area contributed by atoms with Crippen LogP contribution in [0.5, 0.6) is 0 Å². The van der Waals surface area contributed by atoms with Gasteiger partial charge in [-0.1, -0.05) is 23.8 Å². The van der Waals surface area contributed by atoms with E-state index in [1.54, 1.807) is 12.4 Å². The summed E-state index contributed by atoms with van der Waals surface area (Å²) in [6, 6.07) is 6.49. The molecule has 0 saturated carbocycles. The molecule has 0 aliphatic heterocycles. The summed E-state index contributed by atoms with van der Waals surface area (Å²) in [7, 11) is 0. The molecule has 0 amide bonds. The number of nitrogens with one attached hydrogen (secondary N) is 1. The number of nitrogens with two attached hydrogens (primary N) is 1. The average molecular weight is 242 g/mol. The van der Waals surface area contributed by atoms with Crippen LogP contribution in [0.2, 0.25) is 0 Å². The van der Waals surface area contributed by atoms with E-state index in [-0.39, 0.29) is 6.04 Å². The first-order valence-electron chi connectivity index (χ1n) is 5.98. The highest BCUT2D eigenvalue weighted by Gasteiger charge is 2.12. The van der Waals surface area contributed by atoms with Gasteiger partial charge in [0.05, 0.1) is 6.04 Å². The van der Waals surface area contributed by atoms with Crippen LogP contribution in [0.4, 0.5) is 0 Å². The summed E-state index contributed by atoms with van der Waals surface area (Å²) < 4.78 is 0. The van der Waals surface area contributed by atoms with Crippen molar-refractivity contribution in [2.45, 2.75) is 26.3 Å². The summed E-state index contributed by atoms with van der Waals surface area (Å²) in [6.45, 7) is 4.21. The minimum atomic E-state index is 0.0340. The van der Waals surface area contributed by atoms with Crippen LogP contribution in [-0.2, 0) is 6.42 Å². The highest BCUT2D eigenvalue weighted by Crippen LogP contribution is 2.19. The molecular formula is C14H18N4. The van der Waals surface area contributed by atoms with Gasteiger partial charge in [0.1, 0.15) is 6.33 Å². The Morgan fingerprint density at radius 1 is 1.22 bits per heavy atom. The molecule has 2 aromatic rings. The van der Waals surface area contributed by atoms with E-state index in [0.717, 1.165) is 12.0 Å². The molecular weight excluding hydrogens is 224 g/mol. The van der Waals surface area contributed by atoms with E-state index in [4.69, 9.17) is 5.84 Å². The van der Waals surface area contributed by atoms with E-state index in [2.05, 4.69) is 47.4 Å². The fraction of sp³-hybridized carbons (Fsp3) is 0.286. The molecule has 0 saturated heterocycles. The van der Waals surface area contributed by atoms with Crippen LogP contribution >= 0.6 is 0 Å². The molecule has 1 aromatic carbocycles. The predicted molar refractivity (Wildman–Crippen MR) is 71.7 cm³/mol. The lowest BCUT2D eigenvalue weighted by Crippen LogP contribution is -2.30. The summed E-state index contributed by atoms with van der Waals surface area (Å²) in [5, 5.41) is 0. The van der Waals surface area contributed by atoms with Gasteiger partial charge in [-0.05, 0) is 31.4 Å². The van der Waals surface area contributed by atoms with Gasteiger partial charge in [0.15, 0.2) is 0 Å². The zero-order valence-electron chi connectivity index (χ0n) is 10.7. The van der Waals surface area contributed by atoms with Crippen LogP contribution in [0, 0.1) is 13.8 Å². The second-order valence-electron chi connectivity index (χ2n) is 4.53. The molecule has 1 aromatic heterocycles. The van der Waals surface area contributed by atoms with Crippen molar-refractivity contribution in [2.75, 3.05) is 0 Å². The highest BCUT2D eigenvalue weighted by molar-refractivity contribution is 5.32. The van der Waals surface area contributed by atoms with Crippen LogP contribution in [0.25, 0.3) is 0 Å². The molecule has 1 atom stereocenters. The standard InChI is InChI=1S/C14H18N4/c1-10-3-4-11(2)12(5-10)6-14(18-15)13-7-16-9-17-8-13/h3-5,7-9,14,18H,6,15H2,1-2H3. The molecule has 0 bridgehead atoms. The third-order valence-corrected chi connectivity index (χ3v) is 3.11. The number of nitrogens with zero attached hydrogens (tertiary/aromatic N) is 2. The zero-order chi connectivity index (χ0) is 13.0. The van der Waals surface area contributed by atoms with Crippen LogP contribution in [0.15, 0.2) is 36.9 Å². The number of aromatic nitrogens is 2.